The second-order valence-corrected chi connectivity index (χ2v) is 6.22. The number of benzene rings is 1. The van der Waals surface area contributed by atoms with Crippen LogP contribution in [0.4, 0.5) is 0 Å². The van der Waals surface area contributed by atoms with Gasteiger partial charge in [-0.15, -0.1) is 0 Å². The molecule has 0 radical (unpaired) electrons. The number of carbonyl (C=O) groups excluding carboxylic acids is 1. The molecule has 2 heterocycles. The number of amides is 1. The van der Waals surface area contributed by atoms with Crippen LogP contribution in [0.1, 0.15) is 24.4 Å². The Kier molecular flexibility index (Phi) is 5.53. The minimum Gasteiger partial charge on any atom is -0.493 e. The van der Waals surface area contributed by atoms with Gasteiger partial charge in [-0.2, -0.15) is 0 Å². The Morgan fingerprint density at radius 3 is 2.57 bits per heavy atom. The molecule has 2 aromatic heterocycles. The zero-order valence-electron chi connectivity index (χ0n) is 16.1. The van der Waals surface area contributed by atoms with Crippen LogP contribution in [-0.4, -0.2) is 41.3 Å². The second-order valence-electron chi connectivity index (χ2n) is 6.22. The van der Waals surface area contributed by atoms with Gasteiger partial charge >= 0.3 is 0 Å². The first kappa shape index (κ1) is 19.3. The number of fused-ring (bicyclic) bond motifs is 1. The first-order valence-corrected chi connectivity index (χ1v) is 8.65. The highest BCUT2D eigenvalue weighted by Gasteiger charge is 2.17. The van der Waals surface area contributed by atoms with Gasteiger partial charge in [-0.25, -0.2) is 9.50 Å². The molecule has 0 aliphatic carbocycles. The van der Waals surface area contributed by atoms with E-state index in [0.29, 0.717) is 28.6 Å². The van der Waals surface area contributed by atoms with Crippen LogP contribution in [-0.2, 0) is 4.79 Å². The molecule has 0 bridgehead atoms. The zero-order chi connectivity index (χ0) is 20.3. The SMILES string of the molecule is COc1cccc(OC)c1OCC(=O)N[C@@H](C)c1cc(=O)n2[nH]c(C)cc2n1. The molecule has 3 rings (SSSR count). The molecule has 0 aliphatic heterocycles. The predicted octanol–water partition coefficient (Wildman–Crippen LogP) is 1.60. The molecule has 0 spiro atoms. The number of hydrogen-bond acceptors (Lipinski definition) is 6. The molecule has 1 aromatic carbocycles. The quantitative estimate of drug-likeness (QED) is 0.639. The van der Waals surface area contributed by atoms with Crippen LogP contribution in [0.2, 0.25) is 0 Å². The van der Waals surface area contributed by atoms with E-state index in [0.717, 1.165) is 5.69 Å². The van der Waals surface area contributed by atoms with Crippen molar-refractivity contribution in [1.29, 1.82) is 0 Å². The number of aryl methyl sites for hydroxylation is 1. The molecule has 9 nitrogen and oxygen atoms in total. The number of nitrogens with one attached hydrogen (secondary N) is 2. The minimum atomic E-state index is -0.469. The van der Waals surface area contributed by atoms with Gasteiger partial charge in [0.1, 0.15) is 0 Å². The van der Waals surface area contributed by atoms with E-state index in [1.165, 1.54) is 24.8 Å². The summed E-state index contributed by atoms with van der Waals surface area (Å²) in [5.74, 6) is 0.898. The molecule has 0 saturated carbocycles. The number of nitrogens with zero attached hydrogens (tertiary/aromatic N) is 2. The number of rotatable bonds is 7. The van der Waals surface area contributed by atoms with Crippen LogP contribution in [0.5, 0.6) is 17.2 Å². The highest BCUT2D eigenvalue weighted by molar-refractivity contribution is 5.78. The van der Waals surface area contributed by atoms with Gasteiger partial charge in [-0.3, -0.25) is 14.7 Å². The third-order valence-electron chi connectivity index (χ3n) is 4.15. The molecular formula is C19H22N4O5. The van der Waals surface area contributed by atoms with Crippen LogP contribution >= 0.6 is 0 Å². The van der Waals surface area contributed by atoms with E-state index in [2.05, 4.69) is 15.4 Å². The maximum atomic E-state index is 12.3. The lowest BCUT2D eigenvalue weighted by molar-refractivity contribution is -0.123. The molecule has 0 saturated heterocycles. The average Bonchev–Trinajstić information content (AvgIpc) is 3.06. The Morgan fingerprint density at radius 2 is 1.93 bits per heavy atom. The third-order valence-corrected chi connectivity index (χ3v) is 4.15. The van der Waals surface area contributed by atoms with E-state index in [1.807, 2.05) is 6.92 Å². The van der Waals surface area contributed by atoms with E-state index in [1.54, 1.807) is 31.2 Å². The molecule has 0 aliphatic rings. The number of aromatic amines is 1. The molecular weight excluding hydrogens is 364 g/mol. The molecule has 0 unspecified atom stereocenters. The fourth-order valence-electron chi connectivity index (χ4n) is 2.81. The highest BCUT2D eigenvalue weighted by atomic mass is 16.5. The van der Waals surface area contributed by atoms with Gasteiger partial charge in [0.15, 0.2) is 23.8 Å². The Bertz CT molecular complexity index is 1030. The lowest BCUT2D eigenvalue weighted by atomic mass is 10.2. The molecule has 3 aromatic rings. The molecule has 1 amide bonds. The molecule has 9 heteroatoms. The highest BCUT2D eigenvalue weighted by Crippen LogP contribution is 2.36. The van der Waals surface area contributed by atoms with Crippen LogP contribution in [0.15, 0.2) is 35.1 Å². The number of ether oxygens (including phenoxy) is 3. The van der Waals surface area contributed by atoms with Gasteiger partial charge in [0.05, 0.1) is 26.0 Å². The van der Waals surface area contributed by atoms with Crippen molar-refractivity contribution in [3.63, 3.8) is 0 Å². The fourth-order valence-corrected chi connectivity index (χ4v) is 2.81. The Morgan fingerprint density at radius 1 is 1.25 bits per heavy atom. The topological polar surface area (TPSA) is 107 Å². The normalized spacial score (nSPS) is 11.9. The summed E-state index contributed by atoms with van der Waals surface area (Å²) in [4.78, 5) is 28.9. The number of aromatic nitrogens is 3. The van der Waals surface area contributed by atoms with Gasteiger partial charge in [-0.05, 0) is 26.0 Å². The number of para-hydroxylation sites is 1. The van der Waals surface area contributed by atoms with Crippen LogP contribution < -0.4 is 25.1 Å². The summed E-state index contributed by atoms with van der Waals surface area (Å²) >= 11 is 0. The van der Waals surface area contributed by atoms with Crippen molar-refractivity contribution in [1.82, 2.24) is 19.9 Å². The number of methoxy groups -OCH3 is 2. The van der Waals surface area contributed by atoms with E-state index in [-0.39, 0.29) is 18.1 Å². The van der Waals surface area contributed by atoms with E-state index < -0.39 is 6.04 Å². The van der Waals surface area contributed by atoms with Crippen molar-refractivity contribution in [2.75, 3.05) is 20.8 Å². The van der Waals surface area contributed by atoms with E-state index in [9.17, 15) is 9.59 Å². The van der Waals surface area contributed by atoms with E-state index >= 15 is 0 Å². The van der Waals surface area contributed by atoms with Crippen LogP contribution in [0.25, 0.3) is 5.65 Å². The lowest BCUT2D eigenvalue weighted by Crippen LogP contribution is -2.32. The molecule has 2 N–H and O–H groups in total. The Balaban J connectivity index is 1.69. The van der Waals surface area contributed by atoms with Gasteiger partial charge in [-0.1, -0.05) is 6.07 Å². The Hall–Kier alpha value is -3.49. The summed E-state index contributed by atoms with van der Waals surface area (Å²) in [5.41, 5.74) is 1.53. The summed E-state index contributed by atoms with van der Waals surface area (Å²) in [7, 11) is 3.01. The number of carbonyl (C=O) groups is 1. The van der Waals surface area contributed by atoms with Crippen molar-refractivity contribution in [2.45, 2.75) is 19.9 Å². The average molecular weight is 386 g/mol. The first-order valence-electron chi connectivity index (χ1n) is 8.65. The summed E-state index contributed by atoms with van der Waals surface area (Å²) < 4.78 is 17.4. The minimum absolute atomic E-state index is 0.244. The molecule has 28 heavy (non-hydrogen) atoms. The maximum Gasteiger partial charge on any atom is 0.272 e. The second kappa shape index (κ2) is 8.03. The van der Waals surface area contributed by atoms with Gasteiger partial charge in [0.25, 0.3) is 11.5 Å². The van der Waals surface area contributed by atoms with Gasteiger partial charge in [0.2, 0.25) is 5.75 Å². The molecule has 1 atom stereocenters. The van der Waals surface area contributed by atoms with Crippen molar-refractivity contribution in [3.8, 4) is 17.2 Å². The standard InChI is InChI=1S/C19H22N4O5/c1-11-8-16-21-13(9-18(25)23(16)22-11)12(2)20-17(24)10-28-19-14(26-3)6-5-7-15(19)27-4/h5-9,12,22H,10H2,1-4H3,(H,20,24)/t12-/m0/s1. The van der Waals surface area contributed by atoms with Crippen molar-refractivity contribution in [2.24, 2.45) is 0 Å². The van der Waals surface area contributed by atoms with Crippen LogP contribution in [0, 0.1) is 6.92 Å². The van der Waals surface area contributed by atoms with Gasteiger partial charge < -0.3 is 19.5 Å². The Labute approximate surface area is 161 Å². The number of H-pyrrole nitrogens is 1. The summed E-state index contributed by atoms with van der Waals surface area (Å²) in [5, 5.41) is 5.68. The van der Waals surface area contributed by atoms with E-state index in [4.69, 9.17) is 14.2 Å². The maximum absolute atomic E-state index is 12.3. The largest absolute Gasteiger partial charge is 0.493 e. The smallest absolute Gasteiger partial charge is 0.272 e. The zero-order valence-corrected chi connectivity index (χ0v) is 16.1. The number of hydrogen-bond donors (Lipinski definition) is 2. The van der Waals surface area contributed by atoms with Crippen LogP contribution in [0.3, 0.4) is 0 Å². The first-order chi connectivity index (χ1) is 13.4. The fraction of sp³-hybridized carbons (Fsp3) is 0.316. The summed E-state index contributed by atoms with van der Waals surface area (Å²) in [6.45, 7) is 3.34. The lowest BCUT2D eigenvalue weighted by Gasteiger charge is -2.16. The van der Waals surface area contributed by atoms with Crippen molar-refractivity contribution < 1.29 is 19.0 Å². The van der Waals surface area contributed by atoms with Crippen molar-refractivity contribution in [3.05, 3.63) is 52.1 Å². The van der Waals surface area contributed by atoms with Gasteiger partial charge in [0, 0.05) is 17.8 Å². The molecule has 0 fully saturated rings. The third kappa shape index (κ3) is 3.93. The monoisotopic (exact) mass is 386 g/mol. The molecule has 148 valence electrons. The summed E-state index contributed by atoms with van der Waals surface area (Å²) in [6.07, 6.45) is 0. The predicted molar refractivity (Wildman–Crippen MR) is 102 cm³/mol. The van der Waals surface area contributed by atoms with Crippen molar-refractivity contribution >= 4 is 11.6 Å². The summed E-state index contributed by atoms with van der Waals surface area (Å²) in [6, 6.07) is 7.86.